The summed E-state index contributed by atoms with van der Waals surface area (Å²) in [4.78, 5) is 67.9. The van der Waals surface area contributed by atoms with Crippen molar-refractivity contribution in [2.75, 3.05) is 32.7 Å². The quantitative estimate of drug-likeness (QED) is 0.197. The first-order chi connectivity index (χ1) is 22.6. The third-order valence-electron chi connectivity index (χ3n) is 10.5. The van der Waals surface area contributed by atoms with Crippen LogP contribution < -0.4 is 21.7 Å². The summed E-state index contributed by atoms with van der Waals surface area (Å²) in [7, 11) is -3.64. The van der Waals surface area contributed by atoms with Gasteiger partial charge in [-0.3, -0.25) is 19.2 Å². The van der Waals surface area contributed by atoms with Crippen LogP contribution in [0.1, 0.15) is 93.9 Å². The van der Waals surface area contributed by atoms with Crippen LogP contribution in [-0.4, -0.2) is 108 Å². The number of amides is 5. The van der Waals surface area contributed by atoms with E-state index >= 15 is 0 Å². The number of urea groups is 1. The minimum absolute atomic E-state index is 0.0289. The van der Waals surface area contributed by atoms with Crippen molar-refractivity contribution in [2.24, 2.45) is 40.2 Å². The van der Waals surface area contributed by atoms with Crippen LogP contribution >= 0.6 is 0 Å². The Labute approximate surface area is 292 Å². The fourth-order valence-electron chi connectivity index (χ4n) is 6.91. The highest BCUT2D eigenvalue weighted by Gasteiger charge is 2.48. The summed E-state index contributed by atoms with van der Waals surface area (Å²) in [6.07, 6.45) is 4.77. The zero-order valence-corrected chi connectivity index (χ0v) is 31.4. The van der Waals surface area contributed by atoms with E-state index in [-0.39, 0.29) is 30.8 Å². The second kappa shape index (κ2) is 14.8. The van der Waals surface area contributed by atoms with Crippen LogP contribution in [0.15, 0.2) is 0 Å². The Morgan fingerprint density at radius 1 is 0.796 bits per heavy atom. The van der Waals surface area contributed by atoms with Gasteiger partial charge >= 0.3 is 6.03 Å². The van der Waals surface area contributed by atoms with Gasteiger partial charge in [-0.2, -0.15) is 17.0 Å². The van der Waals surface area contributed by atoms with Crippen molar-refractivity contribution >= 4 is 39.7 Å². The van der Waals surface area contributed by atoms with Gasteiger partial charge in [0.05, 0.1) is 6.04 Å². The van der Waals surface area contributed by atoms with Crippen molar-refractivity contribution in [1.82, 2.24) is 29.5 Å². The number of nitrogens with two attached hydrogens (primary N) is 1. The molecule has 2 saturated carbocycles. The van der Waals surface area contributed by atoms with Crippen molar-refractivity contribution in [3.8, 4) is 0 Å². The molecule has 1 unspecified atom stereocenters. The van der Waals surface area contributed by atoms with Gasteiger partial charge in [0.2, 0.25) is 17.6 Å². The highest BCUT2D eigenvalue weighted by molar-refractivity contribution is 7.87. The van der Waals surface area contributed by atoms with Gasteiger partial charge < -0.3 is 26.6 Å². The SMILES string of the molecule is CC(C)[C@H]1CCN(C(=O)[C@@H](NC(=O)N[C@H](CN2CCN(CC3CC3)S2(=O)=O)C(C)(C)C)C(C)(C)C)[C@@H]1C(=O)NC(CC1CC1)C(=O)C(N)=O. The summed E-state index contributed by atoms with van der Waals surface area (Å²) in [6.45, 7) is 16.8. The van der Waals surface area contributed by atoms with E-state index in [1.807, 2.05) is 55.4 Å². The van der Waals surface area contributed by atoms with Gasteiger partial charge in [0.15, 0.2) is 0 Å². The second-order valence-corrected chi connectivity index (χ2v) is 19.1. The number of primary amides is 1. The molecule has 0 spiro atoms. The Hall–Kier alpha value is -2.78. The van der Waals surface area contributed by atoms with Crippen molar-refractivity contribution in [3.63, 3.8) is 0 Å². The second-order valence-electron chi connectivity index (χ2n) is 17.1. The highest BCUT2D eigenvalue weighted by Crippen LogP contribution is 2.36. The van der Waals surface area contributed by atoms with Crippen LogP contribution in [-0.2, 0) is 29.4 Å². The number of ketones is 1. The van der Waals surface area contributed by atoms with Crippen LogP contribution in [0.3, 0.4) is 0 Å². The number of Topliss-reactive ketones (excluding diaryl/α,β-unsaturated/α-hetero) is 1. The lowest BCUT2D eigenvalue weighted by atomic mass is 9.84. The Morgan fingerprint density at radius 2 is 1.39 bits per heavy atom. The molecule has 2 aliphatic heterocycles. The molecule has 5 N–H and O–H groups in total. The number of nitrogens with one attached hydrogen (secondary N) is 3. The lowest BCUT2D eigenvalue weighted by Gasteiger charge is -2.38. The molecule has 0 aromatic carbocycles. The maximum atomic E-state index is 14.4. The van der Waals surface area contributed by atoms with Crippen molar-refractivity contribution < 1.29 is 32.4 Å². The van der Waals surface area contributed by atoms with Crippen LogP contribution in [0.2, 0.25) is 0 Å². The fourth-order valence-corrected chi connectivity index (χ4v) is 8.59. The van der Waals surface area contributed by atoms with Crippen molar-refractivity contribution in [1.29, 1.82) is 0 Å². The number of likely N-dealkylation sites (tertiary alicyclic amines) is 1. The average molecular weight is 710 g/mol. The Kier molecular flexibility index (Phi) is 11.8. The number of rotatable bonds is 14. The molecular formula is C34H59N7O7S. The standard InChI is InChI=1S/C34H59N7O7S/c1-20(2)23-13-14-41(26(23)30(44)36-24(17-21-9-10-21)27(42)29(35)43)31(45)28(34(6,7)8)38-32(46)37-25(33(3,4)5)19-40-16-15-39(49(40,47)48)18-22-11-12-22/h20-26,28H,9-19H2,1-8H3,(H2,35,43)(H,36,44)(H2,37,38,46)/t23-,24?,25-,26+,28-/m1/s1. The summed E-state index contributed by atoms with van der Waals surface area (Å²) in [5, 5.41) is 8.60. The zero-order chi connectivity index (χ0) is 36.6. The number of hydrogen-bond donors (Lipinski definition) is 4. The van der Waals surface area contributed by atoms with Gasteiger partial charge in [-0.05, 0) is 60.2 Å². The van der Waals surface area contributed by atoms with Gasteiger partial charge in [0.25, 0.3) is 16.1 Å². The topological polar surface area (TPSA) is 191 Å². The van der Waals surface area contributed by atoms with Gasteiger partial charge in [0, 0.05) is 38.8 Å². The molecule has 4 fully saturated rings. The van der Waals surface area contributed by atoms with Crippen LogP contribution in [0.5, 0.6) is 0 Å². The molecule has 15 heteroatoms. The van der Waals surface area contributed by atoms with E-state index in [2.05, 4.69) is 16.0 Å². The molecule has 14 nitrogen and oxygen atoms in total. The van der Waals surface area contributed by atoms with E-state index in [9.17, 15) is 32.4 Å². The highest BCUT2D eigenvalue weighted by atomic mass is 32.2. The summed E-state index contributed by atoms with van der Waals surface area (Å²) in [5.74, 6) is -2.45. The summed E-state index contributed by atoms with van der Waals surface area (Å²) in [6, 6.07) is -4.18. The van der Waals surface area contributed by atoms with Crippen LogP contribution in [0.4, 0.5) is 4.79 Å². The smallest absolute Gasteiger partial charge is 0.315 e. The molecule has 5 amide bonds. The first-order valence-electron chi connectivity index (χ1n) is 17.9. The average Bonchev–Trinajstić information content (AvgIpc) is 3.90. The number of carbonyl (C=O) groups excluding carboxylic acids is 5. The van der Waals surface area contributed by atoms with Crippen molar-refractivity contribution in [2.45, 2.75) is 118 Å². The van der Waals surface area contributed by atoms with E-state index in [4.69, 9.17) is 5.73 Å². The molecule has 4 aliphatic rings. The minimum atomic E-state index is -3.64. The monoisotopic (exact) mass is 709 g/mol. The van der Waals surface area contributed by atoms with E-state index in [1.54, 1.807) is 0 Å². The molecule has 5 atom stereocenters. The molecule has 0 aromatic heterocycles. The molecular weight excluding hydrogens is 650 g/mol. The molecule has 2 saturated heterocycles. The van der Waals surface area contributed by atoms with Gasteiger partial charge in [-0.15, -0.1) is 0 Å². The van der Waals surface area contributed by atoms with E-state index in [0.717, 1.165) is 25.7 Å². The largest absolute Gasteiger partial charge is 0.363 e. The Balaban J connectivity index is 1.50. The summed E-state index contributed by atoms with van der Waals surface area (Å²) >= 11 is 0. The third-order valence-corrected chi connectivity index (χ3v) is 12.5. The molecule has 49 heavy (non-hydrogen) atoms. The molecule has 2 aliphatic carbocycles. The van der Waals surface area contributed by atoms with Crippen LogP contribution in [0, 0.1) is 34.5 Å². The predicted octanol–water partition coefficient (Wildman–Crippen LogP) is 1.60. The van der Waals surface area contributed by atoms with E-state index in [1.165, 1.54) is 13.5 Å². The van der Waals surface area contributed by atoms with Gasteiger partial charge in [-0.25, -0.2) is 4.79 Å². The number of carbonyl (C=O) groups is 5. The minimum Gasteiger partial charge on any atom is -0.363 e. The number of nitrogens with zero attached hydrogens (tertiary/aromatic N) is 3. The van der Waals surface area contributed by atoms with Crippen LogP contribution in [0.25, 0.3) is 0 Å². The lowest BCUT2D eigenvalue weighted by Crippen LogP contribution is -2.62. The fraction of sp³-hybridized carbons (Fsp3) is 0.853. The van der Waals surface area contributed by atoms with Gasteiger partial charge in [0.1, 0.15) is 12.1 Å². The molecule has 0 aromatic rings. The van der Waals surface area contributed by atoms with E-state index < -0.39 is 74.7 Å². The van der Waals surface area contributed by atoms with Gasteiger partial charge in [-0.1, -0.05) is 68.2 Å². The third kappa shape index (κ3) is 9.72. The normalized spacial score (nSPS) is 25.1. The predicted molar refractivity (Wildman–Crippen MR) is 185 cm³/mol. The Bertz CT molecular complexity index is 1380. The molecule has 4 rings (SSSR count). The molecule has 0 bridgehead atoms. The number of hydrogen-bond acceptors (Lipinski definition) is 7. The maximum absolute atomic E-state index is 14.4. The lowest BCUT2D eigenvalue weighted by molar-refractivity contribution is -0.144. The maximum Gasteiger partial charge on any atom is 0.315 e. The van der Waals surface area contributed by atoms with E-state index in [0.29, 0.717) is 38.4 Å². The molecule has 2 heterocycles. The molecule has 0 radical (unpaired) electrons. The first-order valence-corrected chi connectivity index (χ1v) is 19.3. The Morgan fingerprint density at radius 3 is 1.90 bits per heavy atom. The first kappa shape index (κ1) is 39.0. The van der Waals surface area contributed by atoms with Crippen molar-refractivity contribution in [3.05, 3.63) is 0 Å². The molecule has 278 valence electrons. The summed E-state index contributed by atoms with van der Waals surface area (Å²) < 4.78 is 29.6. The zero-order valence-electron chi connectivity index (χ0n) is 30.6. The summed E-state index contributed by atoms with van der Waals surface area (Å²) in [5.41, 5.74) is 4.03.